The largest absolute Gasteiger partial charge is 0.497 e. The van der Waals surface area contributed by atoms with Crippen LogP contribution in [-0.2, 0) is 20.8 Å². The second-order valence-corrected chi connectivity index (χ2v) is 7.63. The summed E-state index contributed by atoms with van der Waals surface area (Å²) < 4.78 is 17.7. The molecular weight excluding hydrogens is 396 g/mol. The number of benzene rings is 1. The van der Waals surface area contributed by atoms with Crippen LogP contribution in [0.1, 0.15) is 61.3 Å². The molecule has 0 aliphatic heterocycles. The molecule has 1 aromatic heterocycles. The van der Waals surface area contributed by atoms with Gasteiger partial charge in [0.1, 0.15) is 17.1 Å². The Hall–Kier alpha value is -3.09. The van der Waals surface area contributed by atoms with Gasteiger partial charge in [-0.2, -0.15) is 0 Å². The van der Waals surface area contributed by atoms with E-state index >= 15 is 0 Å². The van der Waals surface area contributed by atoms with Crippen LogP contribution >= 0.6 is 0 Å². The Labute approximate surface area is 184 Å². The van der Waals surface area contributed by atoms with Crippen molar-refractivity contribution >= 4 is 23.5 Å². The molecule has 1 aromatic carbocycles. The predicted octanol–water partition coefficient (Wildman–Crippen LogP) is 4.77. The molecule has 31 heavy (non-hydrogen) atoms. The Morgan fingerprint density at radius 3 is 2.32 bits per heavy atom. The van der Waals surface area contributed by atoms with Crippen molar-refractivity contribution in [2.75, 3.05) is 13.7 Å². The highest BCUT2D eigenvalue weighted by Gasteiger charge is 2.25. The fraction of sp³-hybridized carbons (Fsp3) is 0.458. The van der Waals surface area contributed by atoms with Crippen molar-refractivity contribution in [1.82, 2.24) is 4.57 Å². The van der Waals surface area contributed by atoms with Gasteiger partial charge in [-0.15, -0.1) is 0 Å². The molecule has 1 heterocycles. The number of ether oxygens (including phenoxy) is 3. The SMILES string of the molecule is CCOC(=O)CC(C)=Nc1c(C(=O)OC(C)C)c(C)c(C)n1Cc1ccc(OC)cc1. The Bertz CT molecular complexity index is 955. The molecule has 168 valence electrons. The van der Waals surface area contributed by atoms with Gasteiger partial charge in [0.05, 0.1) is 26.2 Å². The molecule has 0 aliphatic carbocycles. The first kappa shape index (κ1) is 24.2. The van der Waals surface area contributed by atoms with Gasteiger partial charge in [-0.05, 0) is 64.8 Å². The third-order valence-corrected chi connectivity index (χ3v) is 4.85. The molecule has 0 N–H and O–H groups in total. The number of hydrogen-bond donors (Lipinski definition) is 0. The van der Waals surface area contributed by atoms with Crippen molar-refractivity contribution in [3.63, 3.8) is 0 Å². The molecule has 0 amide bonds. The lowest BCUT2D eigenvalue weighted by atomic mass is 10.1. The summed E-state index contributed by atoms with van der Waals surface area (Å²) in [6.07, 6.45) is -0.201. The van der Waals surface area contributed by atoms with E-state index in [9.17, 15) is 9.59 Å². The lowest BCUT2D eigenvalue weighted by Crippen LogP contribution is -2.13. The fourth-order valence-corrected chi connectivity index (χ4v) is 3.23. The summed E-state index contributed by atoms with van der Waals surface area (Å²) in [6, 6.07) is 7.73. The molecule has 0 saturated heterocycles. The van der Waals surface area contributed by atoms with Gasteiger partial charge in [0.15, 0.2) is 0 Å². The second kappa shape index (κ2) is 10.8. The van der Waals surface area contributed by atoms with E-state index in [-0.39, 0.29) is 18.5 Å². The van der Waals surface area contributed by atoms with Crippen molar-refractivity contribution < 1.29 is 23.8 Å². The van der Waals surface area contributed by atoms with Crippen LogP contribution in [0.5, 0.6) is 5.75 Å². The summed E-state index contributed by atoms with van der Waals surface area (Å²) in [5, 5.41) is 0. The number of aromatic nitrogens is 1. The number of carbonyl (C=O) groups excluding carboxylic acids is 2. The third kappa shape index (κ3) is 6.20. The number of carbonyl (C=O) groups is 2. The van der Waals surface area contributed by atoms with Gasteiger partial charge in [-0.25, -0.2) is 9.79 Å². The first-order valence-electron chi connectivity index (χ1n) is 10.4. The van der Waals surface area contributed by atoms with Crippen molar-refractivity contribution in [3.05, 3.63) is 46.6 Å². The highest BCUT2D eigenvalue weighted by Crippen LogP contribution is 2.32. The number of rotatable bonds is 9. The molecule has 0 atom stereocenters. The van der Waals surface area contributed by atoms with Gasteiger partial charge in [0, 0.05) is 18.0 Å². The van der Waals surface area contributed by atoms with E-state index in [2.05, 4.69) is 4.99 Å². The first-order chi connectivity index (χ1) is 14.7. The van der Waals surface area contributed by atoms with Gasteiger partial charge in [-0.1, -0.05) is 12.1 Å². The van der Waals surface area contributed by atoms with Crippen LogP contribution in [0.3, 0.4) is 0 Å². The predicted molar refractivity (Wildman–Crippen MR) is 121 cm³/mol. The second-order valence-electron chi connectivity index (χ2n) is 7.63. The molecule has 0 saturated carbocycles. The fourth-order valence-electron chi connectivity index (χ4n) is 3.23. The minimum atomic E-state index is -0.424. The maximum atomic E-state index is 12.9. The Kier molecular flexibility index (Phi) is 8.42. The molecule has 0 unspecified atom stereocenters. The number of esters is 2. The Morgan fingerprint density at radius 2 is 1.77 bits per heavy atom. The quantitative estimate of drug-likeness (QED) is 0.424. The maximum absolute atomic E-state index is 12.9. The van der Waals surface area contributed by atoms with Crippen LogP contribution in [-0.4, -0.2) is 42.0 Å². The van der Waals surface area contributed by atoms with E-state index in [0.717, 1.165) is 22.6 Å². The van der Waals surface area contributed by atoms with Crippen molar-refractivity contribution in [2.24, 2.45) is 4.99 Å². The van der Waals surface area contributed by atoms with Crippen LogP contribution < -0.4 is 4.74 Å². The Balaban J connectivity index is 2.54. The van der Waals surface area contributed by atoms with Crippen molar-refractivity contribution in [2.45, 2.75) is 60.6 Å². The van der Waals surface area contributed by atoms with Gasteiger partial charge in [0.2, 0.25) is 0 Å². The lowest BCUT2D eigenvalue weighted by Gasteiger charge is -2.12. The third-order valence-electron chi connectivity index (χ3n) is 4.85. The molecule has 7 heteroatoms. The smallest absolute Gasteiger partial charge is 0.342 e. The molecule has 0 fully saturated rings. The molecule has 0 radical (unpaired) electrons. The molecule has 0 bridgehead atoms. The number of hydrogen-bond acceptors (Lipinski definition) is 6. The average molecular weight is 429 g/mol. The van der Waals surface area contributed by atoms with E-state index in [0.29, 0.717) is 30.2 Å². The zero-order valence-corrected chi connectivity index (χ0v) is 19.4. The van der Waals surface area contributed by atoms with E-state index in [1.807, 2.05) is 56.5 Å². The van der Waals surface area contributed by atoms with Gasteiger partial charge in [-0.3, -0.25) is 4.79 Å². The summed E-state index contributed by atoms with van der Waals surface area (Å²) in [6.45, 7) is 11.8. The van der Waals surface area contributed by atoms with Crippen molar-refractivity contribution in [1.29, 1.82) is 0 Å². The van der Waals surface area contributed by atoms with E-state index in [4.69, 9.17) is 14.2 Å². The molecular formula is C24H32N2O5. The highest BCUT2D eigenvalue weighted by atomic mass is 16.5. The number of aliphatic imine (C=N–C) groups is 1. The number of nitrogens with zero attached hydrogens (tertiary/aromatic N) is 2. The van der Waals surface area contributed by atoms with Crippen LogP contribution in [0.15, 0.2) is 29.3 Å². The van der Waals surface area contributed by atoms with Crippen LogP contribution in [0.2, 0.25) is 0 Å². The molecule has 2 aromatic rings. The first-order valence-corrected chi connectivity index (χ1v) is 10.4. The molecule has 0 spiro atoms. The van der Waals surface area contributed by atoms with E-state index < -0.39 is 5.97 Å². The summed E-state index contributed by atoms with van der Waals surface area (Å²) in [5.41, 5.74) is 3.73. The summed E-state index contributed by atoms with van der Waals surface area (Å²) >= 11 is 0. The zero-order valence-electron chi connectivity index (χ0n) is 19.4. The van der Waals surface area contributed by atoms with Gasteiger partial charge < -0.3 is 18.8 Å². The standard InChI is InChI=1S/C24H32N2O5/c1-8-30-21(27)13-16(4)25-23-22(24(28)31-15(2)3)17(5)18(6)26(23)14-19-9-11-20(29-7)12-10-19/h9-12,15H,8,13-14H2,1-7H3. The van der Waals surface area contributed by atoms with Crippen LogP contribution in [0.4, 0.5) is 5.82 Å². The molecule has 2 rings (SSSR count). The highest BCUT2D eigenvalue weighted by molar-refractivity contribution is 6.02. The lowest BCUT2D eigenvalue weighted by molar-refractivity contribution is -0.141. The Morgan fingerprint density at radius 1 is 1.13 bits per heavy atom. The molecule has 0 aliphatic rings. The van der Waals surface area contributed by atoms with Gasteiger partial charge >= 0.3 is 11.9 Å². The average Bonchev–Trinajstić information content (AvgIpc) is 2.92. The van der Waals surface area contributed by atoms with Crippen molar-refractivity contribution in [3.8, 4) is 5.75 Å². The normalized spacial score (nSPS) is 11.5. The van der Waals surface area contributed by atoms with Gasteiger partial charge in [0.25, 0.3) is 0 Å². The minimum absolute atomic E-state index is 0.0539. The van der Waals surface area contributed by atoms with Crippen LogP contribution in [0.25, 0.3) is 0 Å². The summed E-state index contributed by atoms with van der Waals surface area (Å²) in [4.78, 5) is 29.5. The van der Waals surface area contributed by atoms with Crippen LogP contribution in [0, 0.1) is 13.8 Å². The van der Waals surface area contributed by atoms with E-state index in [1.54, 1.807) is 21.0 Å². The van der Waals surface area contributed by atoms with E-state index in [1.165, 1.54) is 0 Å². The topological polar surface area (TPSA) is 79.1 Å². The molecule has 7 nitrogen and oxygen atoms in total. The summed E-state index contributed by atoms with van der Waals surface area (Å²) in [7, 11) is 1.63. The number of methoxy groups -OCH3 is 1. The zero-order chi connectivity index (χ0) is 23.1. The monoisotopic (exact) mass is 428 g/mol. The summed E-state index contributed by atoms with van der Waals surface area (Å²) in [5.74, 6) is 0.482. The minimum Gasteiger partial charge on any atom is -0.497 e. The maximum Gasteiger partial charge on any atom is 0.342 e.